The van der Waals surface area contributed by atoms with Crippen LogP contribution in [0.5, 0.6) is 0 Å². The zero-order valence-corrected chi connectivity index (χ0v) is 18.2. The lowest BCUT2D eigenvalue weighted by Crippen LogP contribution is -2.15. The summed E-state index contributed by atoms with van der Waals surface area (Å²) >= 11 is 4.97. The van der Waals surface area contributed by atoms with Crippen LogP contribution in [0.2, 0.25) is 0 Å². The number of rotatable bonds is 6. The average molecular weight is 457 g/mol. The fourth-order valence-corrected chi connectivity index (χ4v) is 4.24. The van der Waals surface area contributed by atoms with Gasteiger partial charge in [-0.05, 0) is 61.7 Å². The Labute approximate surface area is 167 Å². The summed E-state index contributed by atoms with van der Waals surface area (Å²) in [7, 11) is -3.37. The molecule has 0 atom stereocenters. The number of nitrogens with one attached hydrogen (secondary N) is 2. The van der Waals surface area contributed by atoms with Crippen LogP contribution in [0.1, 0.15) is 16.7 Å². The summed E-state index contributed by atoms with van der Waals surface area (Å²) in [6.07, 6.45) is 1.09. The monoisotopic (exact) mass is 456 g/mol. The number of anilines is 2. The maximum atomic E-state index is 12.3. The molecule has 8 heteroatoms. The Hall–Kier alpha value is -1.51. The van der Waals surface area contributed by atoms with Crippen molar-refractivity contribution in [1.29, 1.82) is 0 Å². The molecule has 2 rings (SSSR count). The zero-order chi connectivity index (χ0) is 19.5. The molecule has 2 N–H and O–H groups in total. The van der Waals surface area contributed by atoms with E-state index in [1.54, 1.807) is 25.1 Å². The highest BCUT2D eigenvalue weighted by molar-refractivity contribution is 9.10. The lowest BCUT2D eigenvalue weighted by molar-refractivity contribution is -0.113. The molecule has 5 nitrogen and oxygen atoms in total. The van der Waals surface area contributed by atoms with Crippen LogP contribution in [-0.2, 0) is 14.8 Å². The van der Waals surface area contributed by atoms with E-state index < -0.39 is 10.0 Å². The van der Waals surface area contributed by atoms with E-state index in [4.69, 9.17) is 0 Å². The van der Waals surface area contributed by atoms with E-state index in [1.165, 1.54) is 11.8 Å². The molecule has 1 amide bonds. The number of sulfonamides is 1. The molecule has 0 heterocycles. The molecule has 26 heavy (non-hydrogen) atoms. The summed E-state index contributed by atoms with van der Waals surface area (Å²) < 4.78 is 26.3. The van der Waals surface area contributed by atoms with Gasteiger partial charge in [-0.2, -0.15) is 0 Å². The van der Waals surface area contributed by atoms with Gasteiger partial charge in [-0.1, -0.05) is 22.0 Å². The van der Waals surface area contributed by atoms with Crippen LogP contribution in [0.25, 0.3) is 0 Å². The third-order valence-corrected chi connectivity index (χ3v) is 6.23. The first-order chi connectivity index (χ1) is 12.0. The molecular formula is C18H21BrN2O3S2. The van der Waals surface area contributed by atoms with E-state index in [0.29, 0.717) is 11.4 Å². The van der Waals surface area contributed by atoms with Crippen molar-refractivity contribution in [2.45, 2.75) is 25.7 Å². The Kier molecular flexibility index (Phi) is 6.76. The molecule has 0 spiro atoms. The van der Waals surface area contributed by atoms with Gasteiger partial charge in [0.1, 0.15) is 0 Å². The molecule has 0 aliphatic heterocycles. The molecule has 2 aromatic rings. The van der Waals surface area contributed by atoms with Gasteiger partial charge in [0, 0.05) is 15.1 Å². The number of hydrogen-bond acceptors (Lipinski definition) is 4. The van der Waals surface area contributed by atoms with Crippen LogP contribution in [0, 0.1) is 20.8 Å². The van der Waals surface area contributed by atoms with Gasteiger partial charge in [0.15, 0.2) is 0 Å². The standard InChI is InChI=1S/C18H21BrN2O3S2/c1-11-5-6-14(9-16(11)21-26(4,23)24)20-18(22)10-25-17-8-12(2)15(19)7-13(17)3/h5-9,21H,10H2,1-4H3,(H,20,22). The molecule has 0 saturated carbocycles. The number of benzene rings is 2. The molecule has 0 fully saturated rings. The highest BCUT2D eigenvalue weighted by Crippen LogP contribution is 2.28. The van der Waals surface area contributed by atoms with Crippen LogP contribution >= 0.6 is 27.7 Å². The van der Waals surface area contributed by atoms with Crippen molar-refractivity contribution < 1.29 is 13.2 Å². The number of hydrogen-bond donors (Lipinski definition) is 2. The largest absolute Gasteiger partial charge is 0.325 e. The molecule has 140 valence electrons. The maximum Gasteiger partial charge on any atom is 0.234 e. The Balaban J connectivity index is 2.04. The number of halogens is 1. The van der Waals surface area contributed by atoms with Crippen molar-refractivity contribution in [1.82, 2.24) is 0 Å². The first kappa shape index (κ1) is 20.8. The van der Waals surface area contributed by atoms with E-state index >= 15 is 0 Å². The quantitative estimate of drug-likeness (QED) is 0.628. The third-order valence-electron chi connectivity index (χ3n) is 3.63. The molecule has 0 aromatic heterocycles. The minimum atomic E-state index is -3.37. The first-order valence-electron chi connectivity index (χ1n) is 7.83. The van der Waals surface area contributed by atoms with Gasteiger partial charge in [0.25, 0.3) is 0 Å². The molecule has 0 aliphatic carbocycles. The van der Waals surface area contributed by atoms with Gasteiger partial charge in [0.2, 0.25) is 15.9 Å². The molecule has 0 unspecified atom stereocenters. The second-order valence-corrected chi connectivity index (χ2v) is 9.73. The van der Waals surface area contributed by atoms with Gasteiger partial charge < -0.3 is 5.32 Å². The molecule has 0 saturated heterocycles. The van der Waals surface area contributed by atoms with Gasteiger partial charge in [-0.25, -0.2) is 8.42 Å². The second-order valence-electron chi connectivity index (χ2n) is 6.11. The highest BCUT2D eigenvalue weighted by Gasteiger charge is 2.10. The number of thioether (sulfide) groups is 1. The molecule has 2 aromatic carbocycles. The van der Waals surface area contributed by atoms with Gasteiger partial charge >= 0.3 is 0 Å². The Bertz CT molecular complexity index is 944. The van der Waals surface area contributed by atoms with E-state index in [2.05, 4.69) is 32.0 Å². The zero-order valence-electron chi connectivity index (χ0n) is 15.0. The Morgan fingerprint density at radius 3 is 2.42 bits per heavy atom. The summed E-state index contributed by atoms with van der Waals surface area (Å²) in [5.41, 5.74) is 4.01. The number of aryl methyl sites for hydroxylation is 3. The lowest BCUT2D eigenvalue weighted by Gasteiger charge is -2.12. The lowest BCUT2D eigenvalue weighted by atomic mass is 10.2. The van der Waals surface area contributed by atoms with Crippen molar-refractivity contribution in [3.05, 3.63) is 51.5 Å². The van der Waals surface area contributed by atoms with Gasteiger partial charge in [-0.3, -0.25) is 9.52 Å². The smallest absolute Gasteiger partial charge is 0.234 e. The fourth-order valence-electron chi connectivity index (χ4n) is 2.26. The van der Waals surface area contributed by atoms with Crippen LogP contribution in [0.15, 0.2) is 39.7 Å². The topological polar surface area (TPSA) is 75.3 Å². The minimum Gasteiger partial charge on any atom is -0.325 e. The highest BCUT2D eigenvalue weighted by atomic mass is 79.9. The van der Waals surface area contributed by atoms with Crippen LogP contribution in [0.4, 0.5) is 11.4 Å². The van der Waals surface area contributed by atoms with Crippen molar-refractivity contribution in [2.24, 2.45) is 0 Å². The average Bonchev–Trinajstić information content (AvgIpc) is 2.51. The number of amides is 1. The van der Waals surface area contributed by atoms with E-state index in [0.717, 1.165) is 32.3 Å². The minimum absolute atomic E-state index is 0.149. The van der Waals surface area contributed by atoms with Crippen molar-refractivity contribution >= 4 is 55.0 Å². The number of carbonyl (C=O) groups excluding carboxylic acids is 1. The van der Waals surface area contributed by atoms with Gasteiger partial charge in [0.05, 0.1) is 17.7 Å². The Morgan fingerprint density at radius 2 is 1.77 bits per heavy atom. The van der Waals surface area contributed by atoms with E-state index in [1.807, 2.05) is 19.9 Å². The second kappa shape index (κ2) is 8.45. The van der Waals surface area contributed by atoms with Crippen LogP contribution in [0.3, 0.4) is 0 Å². The molecule has 0 aliphatic rings. The van der Waals surface area contributed by atoms with Crippen LogP contribution in [-0.4, -0.2) is 26.3 Å². The molecular weight excluding hydrogens is 436 g/mol. The predicted molar refractivity (Wildman–Crippen MR) is 113 cm³/mol. The molecule has 0 radical (unpaired) electrons. The van der Waals surface area contributed by atoms with Crippen molar-refractivity contribution in [3.8, 4) is 0 Å². The molecule has 0 bridgehead atoms. The number of carbonyl (C=O) groups is 1. The normalized spacial score (nSPS) is 11.3. The summed E-state index contributed by atoms with van der Waals surface area (Å²) in [5, 5.41) is 2.81. The Morgan fingerprint density at radius 1 is 1.08 bits per heavy atom. The maximum absolute atomic E-state index is 12.3. The van der Waals surface area contributed by atoms with Crippen LogP contribution < -0.4 is 10.0 Å². The summed E-state index contributed by atoms with van der Waals surface area (Å²) in [4.78, 5) is 13.3. The van der Waals surface area contributed by atoms with E-state index in [9.17, 15) is 13.2 Å². The van der Waals surface area contributed by atoms with E-state index in [-0.39, 0.29) is 11.7 Å². The fraction of sp³-hybridized carbons (Fsp3) is 0.278. The van der Waals surface area contributed by atoms with Gasteiger partial charge in [-0.15, -0.1) is 11.8 Å². The first-order valence-corrected chi connectivity index (χ1v) is 11.5. The van der Waals surface area contributed by atoms with Crippen molar-refractivity contribution in [3.63, 3.8) is 0 Å². The SMILES string of the molecule is Cc1cc(SCC(=O)Nc2ccc(C)c(NS(C)(=O)=O)c2)c(C)cc1Br. The summed E-state index contributed by atoms with van der Waals surface area (Å²) in [6.45, 7) is 5.82. The van der Waals surface area contributed by atoms with Crippen molar-refractivity contribution in [2.75, 3.05) is 22.0 Å². The summed E-state index contributed by atoms with van der Waals surface area (Å²) in [5.74, 6) is 0.120. The third kappa shape index (κ3) is 6.03. The predicted octanol–water partition coefficient (Wildman–Crippen LogP) is 4.48. The summed E-state index contributed by atoms with van der Waals surface area (Å²) in [6, 6.07) is 9.23.